The molecule has 0 N–H and O–H groups in total. The molecule has 1 aromatic carbocycles. The van der Waals surface area contributed by atoms with Crippen LogP contribution in [0.3, 0.4) is 0 Å². The van der Waals surface area contributed by atoms with Crippen LogP contribution in [0.2, 0.25) is 0 Å². The lowest BCUT2D eigenvalue weighted by Gasteiger charge is -2.34. The van der Waals surface area contributed by atoms with Gasteiger partial charge in [0, 0.05) is 10.5 Å². The smallest absolute Gasteiger partial charge is 0.184 e. The van der Waals surface area contributed by atoms with Gasteiger partial charge in [0.2, 0.25) is 0 Å². The van der Waals surface area contributed by atoms with Gasteiger partial charge < -0.3 is 9.47 Å². The monoisotopic (exact) mass is 284 g/mol. The number of alkyl halides is 1. The Morgan fingerprint density at radius 2 is 1.84 bits per heavy atom. The molecule has 0 radical (unpaired) electrons. The Labute approximate surface area is 118 Å². The molecule has 1 fully saturated rings. The van der Waals surface area contributed by atoms with Crippen molar-refractivity contribution in [1.29, 1.82) is 0 Å². The predicted octanol–water partition coefficient (Wildman–Crippen LogP) is 4.35. The molecule has 19 heavy (non-hydrogen) atoms. The van der Waals surface area contributed by atoms with Crippen LogP contribution in [0, 0.1) is 0 Å². The third-order valence-corrected chi connectivity index (χ3v) is 4.04. The van der Waals surface area contributed by atoms with Crippen molar-refractivity contribution in [3.8, 4) is 0 Å². The van der Waals surface area contributed by atoms with Crippen molar-refractivity contribution in [1.82, 2.24) is 0 Å². The summed E-state index contributed by atoms with van der Waals surface area (Å²) in [5.41, 5.74) is -0.359. The quantitative estimate of drug-likeness (QED) is 0.749. The number of ether oxygens (including phenoxy) is 2. The van der Waals surface area contributed by atoms with Gasteiger partial charge in [0.25, 0.3) is 0 Å². The molecule has 1 aromatic rings. The summed E-state index contributed by atoms with van der Waals surface area (Å²) < 4.78 is 25.2. The molecule has 2 rings (SSSR count). The molecule has 1 aliphatic rings. The number of thioether (sulfide) groups is 1. The number of hydrogen-bond acceptors (Lipinski definition) is 3. The zero-order chi connectivity index (χ0) is 13.7. The van der Waals surface area contributed by atoms with Crippen LogP contribution >= 0.6 is 11.8 Å². The molecule has 4 heteroatoms. The molecule has 0 atom stereocenters. The van der Waals surface area contributed by atoms with E-state index in [0.29, 0.717) is 6.42 Å². The fourth-order valence-electron chi connectivity index (χ4n) is 2.21. The average Bonchev–Trinajstić information content (AvgIpc) is 2.41. The van der Waals surface area contributed by atoms with Gasteiger partial charge in [-0.15, -0.1) is 11.8 Å². The molecule has 1 heterocycles. The topological polar surface area (TPSA) is 18.5 Å². The third-order valence-electron chi connectivity index (χ3n) is 3.15. The molecule has 0 spiro atoms. The fourth-order valence-corrected chi connectivity index (χ4v) is 2.87. The lowest BCUT2D eigenvalue weighted by molar-refractivity contribution is -0.238. The summed E-state index contributed by atoms with van der Waals surface area (Å²) >= 11 is 1.80. The van der Waals surface area contributed by atoms with Crippen LogP contribution < -0.4 is 0 Å². The zero-order valence-electron chi connectivity index (χ0n) is 11.5. The van der Waals surface area contributed by atoms with Gasteiger partial charge in [-0.3, -0.25) is 0 Å². The highest BCUT2D eigenvalue weighted by atomic mass is 32.2. The van der Waals surface area contributed by atoms with Gasteiger partial charge in [0.05, 0.1) is 13.2 Å². The Balaban J connectivity index is 1.93. The number of hydrogen-bond donors (Lipinski definition) is 0. The van der Waals surface area contributed by atoms with Crippen LogP contribution in [0.15, 0.2) is 29.2 Å². The van der Waals surface area contributed by atoms with Gasteiger partial charge >= 0.3 is 0 Å². The third kappa shape index (κ3) is 3.94. The summed E-state index contributed by atoms with van der Waals surface area (Å²) in [6, 6.07) is 8.10. The Morgan fingerprint density at radius 1 is 1.21 bits per heavy atom. The van der Waals surface area contributed by atoms with E-state index in [1.54, 1.807) is 11.8 Å². The van der Waals surface area contributed by atoms with E-state index in [9.17, 15) is 4.39 Å². The average molecular weight is 284 g/mol. The molecular weight excluding hydrogens is 263 g/mol. The lowest BCUT2D eigenvalue weighted by Crippen LogP contribution is -2.41. The van der Waals surface area contributed by atoms with Gasteiger partial charge in [-0.2, -0.15) is 0 Å². The maximum atomic E-state index is 14.2. The molecule has 2 nitrogen and oxygen atoms in total. The zero-order valence-corrected chi connectivity index (χ0v) is 12.3. The second-order valence-electron chi connectivity index (χ2n) is 4.86. The van der Waals surface area contributed by atoms with Crippen molar-refractivity contribution in [2.24, 2.45) is 0 Å². The Hall–Kier alpha value is -0.580. The molecule has 106 valence electrons. The van der Waals surface area contributed by atoms with Gasteiger partial charge in [-0.05, 0) is 24.3 Å². The van der Waals surface area contributed by atoms with E-state index in [-0.39, 0.29) is 13.2 Å². The molecule has 0 amide bonds. The first-order valence-corrected chi connectivity index (χ1v) is 7.80. The molecule has 0 saturated carbocycles. The molecule has 1 aliphatic heterocycles. The minimum absolute atomic E-state index is 0.122. The number of halogens is 1. The largest absolute Gasteiger partial charge is 0.345 e. The van der Waals surface area contributed by atoms with Gasteiger partial charge in [-0.25, -0.2) is 4.39 Å². The first kappa shape index (κ1) is 14.8. The van der Waals surface area contributed by atoms with Crippen molar-refractivity contribution >= 4 is 11.8 Å². The highest BCUT2D eigenvalue weighted by Crippen LogP contribution is 2.32. The summed E-state index contributed by atoms with van der Waals surface area (Å²) in [6.07, 6.45) is 0.865. The minimum Gasteiger partial charge on any atom is -0.345 e. The molecular formula is C15H21FO2S. The van der Waals surface area contributed by atoms with Crippen LogP contribution in [0.1, 0.15) is 38.5 Å². The summed E-state index contributed by atoms with van der Waals surface area (Å²) in [5, 5.41) is 0. The van der Waals surface area contributed by atoms with Gasteiger partial charge in [0.1, 0.15) is 0 Å². The highest BCUT2D eigenvalue weighted by Gasteiger charge is 2.36. The van der Waals surface area contributed by atoms with Crippen molar-refractivity contribution in [2.45, 2.75) is 43.5 Å². The van der Waals surface area contributed by atoms with Gasteiger partial charge in [-0.1, -0.05) is 32.4 Å². The van der Waals surface area contributed by atoms with Crippen LogP contribution in [0.25, 0.3) is 0 Å². The molecule has 0 unspecified atom stereocenters. The molecule has 0 aromatic heterocycles. The van der Waals surface area contributed by atoms with Crippen molar-refractivity contribution < 1.29 is 13.9 Å². The summed E-state index contributed by atoms with van der Waals surface area (Å²) in [6.45, 7) is 4.34. The highest BCUT2D eigenvalue weighted by molar-refractivity contribution is 7.99. The minimum atomic E-state index is -1.32. The van der Waals surface area contributed by atoms with Gasteiger partial charge in [0.15, 0.2) is 12.0 Å². The number of benzene rings is 1. The first-order chi connectivity index (χ1) is 9.17. The molecule has 1 saturated heterocycles. The van der Waals surface area contributed by atoms with E-state index in [0.717, 1.165) is 17.7 Å². The summed E-state index contributed by atoms with van der Waals surface area (Å²) in [5.74, 6) is 1.05. The molecule has 0 aliphatic carbocycles. The predicted molar refractivity (Wildman–Crippen MR) is 76.2 cm³/mol. The lowest BCUT2D eigenvalue weighted by atomic mass is 10.0. The Morgan fingerprint density at radius 3 is 2.37 bits per heavy atom. The fraction of sp³-hybridized carbons (Fsp3) is 0.600. The maximum Gasteiger partial charge on any atom is 0.184 e. The Kier molecular flexibility index (Phi) is 5.25. The second-order valence-corrected chi connectivity index (χ2v) is 6.19. The van der Waals surface area contributed by atoms with Crippen molar-refractivity contribution in [2.75, 3.05) is 19.0 Å². The van der Waals surface area contributed by atoms with E-state index in [1.807, 2.05) is 19.1 Å². The van der Waals surface area contributed by atoms with Crippen LogP contribution in [0.4, 0.5) is 4.39 Å². The van der Waals surface area contributed by atoms with E-state index in [1.165, 1.54) is 4.90 Å². The number of rotatable bonds is 5. The van der Waals surface area contributed by atoms with Crippen LogP contribution in [0.5, 0.6) is 0 Å². The van der Waals surface area contributed by atoms with Crippen LogP contribution in [-0.4, -0.2) is 24.6 Å². The summed E-state index contributed by atoms with van der Waals surface area (Å²) in [4.78, 5) is 1.23. The Bertz CT molecular complexity index is 386. The van der Waals surface area contributed by atoms with E-state index >= 15 is 0 Å². The van der Waals surface area contributed by atoms with Crippen LogP contribution in [-0.2, 0) is 9.47 Å². The van der Waals surface area contributed by atoms with Crippen molar-refractivity contribution in [3.05, 3.63) is 29.8 Å². The van der Waals surface area contributed by atoms with Crippen molar-refractivity contribution in [3.63, 3.8) is 0 Å². The summed E-state index contributed by atoms with van der Waals surface area (Å²) in [7, 11) is 0. The van der Waals surface area contributed by atoms with E-state index in [2.05, 4.69) is 19.1 Å². The standard InChI is InChI=1S/C15H21FO2S/c1-3-9-15(16)10-17-14(18-11-15)12-5-7-13(8-6-12)19-4-2/h5-8,14H,3-4,9-11H2,1-2H3. The second kappa shape index (κ2) is 6.73. The SMILES string of the molecule is CCCC1(F)COC(c2ccc(SCC)cc2)OC1. The maximum absolute atomic E-state index is 14.2. The van der Waals surface area contributed by atoms with E-state index in [4.69, 9.17) is 9.47 Å². The first-order valence-electron chi connectivity index (χ1n) is 6.82. The van der Waals surface area contributed by atoms with E-state index < -0.39 is 12.0 Å². The molecule has 0 bridgehead atoms. The normalized spacial score (nSPS) is 27.4.